The van der Waals surface area contributed by atoms with E-state index in [0.29, 0.717) is 6.54 Å². The van der Waals surface area contributed by atoms with E-state index in [-0.39, 0.29) is 5.76 Å². The number of aromatic nitrogens is 1. The number of hydrogen-bond donors (Lipinski definition) is 0. The van der Waals surface area contributed by atoms with E-state index in [4.69, 9.17) is 4.42 Å². The van der Waals surface area contributed by atoms with Gasteiger partial charge in [0.2, 0.25) is 5.76 Å². The van der Waals surface area contributed by atoms with Crippen LogP contribution in [-0.4, -0.2) is 49.1 Å². The van der Waals surface area contributed by atoms with Crippen molar-refractivity contribution in [1.29, 1.82) is 0 Å². The van der Waals surface area contributed by atoms with Crippen LogP contribution in [0.25, 0.3) is 0 Å². The van der Waals surface area contributed by atoms with Gasteiger partial charge < -0.3 is 14.1 Å². The minimum absolute atomic E-state index is 0.254. The van der Waals surface area contributed by atoms with E-state index in [1.807, 2.05) is 30.5 Å². The summed E-state index contributed by atoms with van der Waals surface area (Å²) >= 11 is 0. The summed E-state index contributed by atoms with van der Waals surface area (Å²) in [4.78, 5) is 20.3. The number of carbonyl (C=O) groups is 1. The first-order valence-corrected chi connectivity index (χ1v) is 7.31. The Labute approximate surface area is 129 Å². The van der Waals surface area contributed by atoms with E-state index in [0.717, 1.165) is 37.8 Å². The van der Waals surface area contributed by atoms with Crippen molar-refractivity contribution in [2.45, 2.75) is 6.54 Å². The SMILES string of the molecule is COC(=O)c1ccc(CN2CCN(c3ccccn3)CC2)o1. The van der Waals surface area contributed by atoms with Gasteiger partial charge in [-0.1, -0.05) is 6.07 Å². The van der Waals surface area contributed by atoms with Crippen molar-refractivity contribution in [3.8, 4) is 0 Å². The second kappa shape index (κ2) is 6.62. The smallest absolute Gasteiger partial charge is 0.373 e. The third kappa shape index (κ3) is 3.28. The minimum Gasteiger partial charge on any atom is -0.463 e. The van der Waals surface area contributed by atoms with Crippen LogP contribution in [0.3, 0.4) is 0 Å². The van der Waals surface area contributed by atoms with Crippen LogP contribution >= 0.6 is 0 Å². The maximum Gasteiger partial charge on any atom is 0.373 e. The summed E-state index contributed by atoms with van der Waals surface area (Å²) in [6, 6.07) is 9.45. The lowest BCUT2D eigenvalue weighted by Crippen LogP contribution is -2.46. The Bertz CT molecular complexity index is 619. The Morgan fingerprint density at radius 2 is 2.05 bits per heavy atom. The number of ether oxygens (including phenoxy) is 1. The van der Waals surface area contributed by atoms with Crippen LogP contribution in [0.2, 0.25) is 0 Å². The average Bonchev–Trinajstić information content (AvgIpc) is 3.04. The van der Waals surface area contributed by atoms with Gasteiger partial charge in [0.15, 0.2) is 0 Å². The summed E-state index contributed by atoms with van der Waals surface area (Å²) in [7, 11) is 1.35. The van der Waals surface area contributed by atoms with E-state index in [1.165, 1.54) is 7.11 Å². The molecule has 2 aromatic heterocycles. The number of pyridine rings is 1. The molecule has 0 atom stereocenters. The molecule has 22 heavy (non-hydrogen) atoms. The third-order valence-corrected chi connectivity index (χ3v) is 3.77. The lowest BCUT2D eigenvalue weighted by Gasteiger charge is -2.34. The molecule has 0 radical (unpaired) electrons. The predicted molar refractivity (Wildman–Crippen MR) is 81.8 cm³/mol. The summed E-state index contributed by atoms with van der Waals surface area (Å²) in [5, 5.41) is 0. The molecule has 1 aliphatic rings. The molecule has 6 nitrogen and oxygen atoms in total. The number of methoxy groups -OCH3 is 1. The van der Waals surface area contributed by atoms with E-state index in [1.54, 1.807) is 6.07 Å². The highest BCUT2D eigenvalue weighted by Crippen LogP contribution is 2.16. The second-order valence-electron chi connectivity index (χ2n) is 5.21. The average molecular weight is 301 g/mol. The first-order chi connectivity index (χ1) is 10.8. The molecule has 0 N–H and O–H groups in total. The molecular formula is C16H19N3O3. The standard InChI is InChI=1S/C16H19N3O3/c1-21-16(20)14-6-5-13(22-14)12-18-8-10-19(11-9-18)15-4-2-3-7-17-15/h2-7H,8-12H2,1H3. The Balaban J connectivity index is 1.54. The zero-order chi connectivity index (χ0) is 15.4. The summed E-state index contributed by atoms with van der Waals surface area (Å²) < 4.78 is 10.2. The molecule has 116 valence electrons. The van der Waals surface area contributed by atoms with Gasteiger partial charge >= 0.3 is 5.97 Å². The van der Waals surface area contributed by atoms with Gasteiger partial charge in [0.25, 0.3) is 0 Å². The highest BCUT2D eigenvalue weighted by molar-refractivity contribution is 5.86. The third-order valence-electron chi connectivity index (χ3n) is 3.77. The molecule has 2 aromatic rings. The molecule has 6 heteroatoms. The number of furan rings is 1. The van der Waals surface area contributed by atoms with Gasteiger partial charge in [-0.25, -0.2) is 9.78 Å². The van der Waals surface area contributed by atoms with Gasteiger partial charge in [-0.2, -0.15) is 0 Å². The van der Waals surface area contributed by atoms with Crippen molar-refractivity contribution >= 4 is 11.8 Å². The Morgan fingerprint density at radius 3 is 2.73 bits per heavy atom. The fraction of sp³-hybridized carbons (Fsp3) is 0.375. The van der Waals surface area contributed by atoms with E-state index < -0.39 is 5.97 Å². The monoisotopic (exact) mass is 301 g/mol. The lowest BCUT2D eigenvalue weighted by molar-refractivity contribution is 0.0561. The molecule has 0 aromatic carbocycles. The number of anilines is 1. The predicted octanol–water partition coefficient (Wildman–Crippen LogP) is 1.78. The van der Waals surface area contributed by atoms with Crippen molar-refractivity contribution in [3.05, 3.63) is 48.0 Å². The van der Waals surface area contributed by atoms with Gasteiger partial charge in [0, 0.05) is 32.4 Å². The molecule has 1 aliphatic heterocycles. The van der Waals surface area contributed by atoms with Crippen LogP contribution in [0.4, 0.5) is 5.82 Å². The number of carbonyl (C=O) groups excluding carboxylic acids is 1. The van der Waals surface area contributed by atoms with E-state index in [9.17, 15) is 4.79 Å². The maximum atomic E-state index is 11.4. The molecule has 3 heterocycles. The molecule has 1 fully saturated rings. The zero-order valence-electron chi connectivity index (χ0n) is 12.6. The fourth-order valence-electron chi connectivity index (χ4n) is 2.57. The van der Waals surface area contributed by atoms with E-state index >= 15 is 0 Å². The topological polar surface area (TPSA) is 58.8 Å². The van der Waals surface area contributed by atoms with Crippen LogP contribution in [0.5, 0.6) is 0 Å². The van der Waals surface area contributed by atoms with Crippen molar-refractivity contribution in [2.24, 2.45) is 0 Å². The first kappa shape index (κ1) is 14.6. The van der Waals surface area contributed by atoms with Gasteiger partial charge in [0.05, 0.1) is 13.7 Å². The summed E-state index contributed by atoms with van der Waals surface area (Å²) in [6.45, 7) is 4.44. The highest BCUT2D eigenvalue weighted by atomic mass is 16.5. The van der Waals surface area contributed by atoms with Crippen molar-refractivity contribution in [1.82, 2.24) is 9.88 Å². The quantitative estimate of drug-likeness (QED) is 0.802. The fourth-order valence-corrected chi connectivity index (χ4v) is 2.57. The van der Waals surface area contributed by atoms with Gasteiger partial charge in [0.1, 0.15) is 11.6 Å². The molecule has 0 unspecified atom stereocenters. The molecule has 0 spiro atoms. The number of nitrogens with zero attached hydrogens (tertiary/aromatic N) is 3. The number of hydrogen-bond acceptors (Lipinski definition) is 6. The molecule has 1 saturated heterocycles. The van der Waals surface area contributed by atoms with Gasteiger partial charge in [-0.3, -0.25) is 4.90 Å². The number of esters is 1. The number of rotatable bonds is 4. The second-order valence-corrected chi connectivity index (χ2v) is 5.21. The largest absolute Gasteiger partial charge is 0.463 e. The summed E-state index contributed by atoms with van der Waals surface area (Å²) in [5.41, 5.74) is 0. The van der Waals surface area contributed by atoms with E-state index in [2.05, 4.69) is 19.5 Å². The first-order valence-electron chi connectivity index (χ1n) is 7.31. The van der Waals surface area contributed by atoms with Crippen LogP contribution in [0.15, 0.2) is 40.9 Å². The molecule has 0 aliphatic carbocycles. The van der Waals surface area contributed by atoms with Crippen LogP contribution in [-0.2, 0) is 11.3 Å². The zero-order valence-corrected chi connectivity index (χ0v) is 12.6. The summed E-state index contributed by atoms with van der Waals surface area (Å²) in [6.07, 6.45) is 1.82. The van der Waals surface area contributed by atoms with Crippen LogP contribution in [0.1, 0.15) is 16.3 Å². The lowest BCUT2D eigenvalue weighted by atomic mass is 10.3. The van der Waals surface area contributed by atoms with Gasteiger partial charge in [-0.15, -0.1) is 0 Å². The maximum absolute atomic E-state index is 11.4. The Hall–Kier alpha value is -2.34. The Morgan fingerprint density at radius 1 is 1.23 bits per heavy atom. The van der Waals surface area contributed by atoms with Crippen molar-refractivity contribution in [3.63, 3.8) is 0 Å². The minimum atomic E-state index is -0.439. The molecule has 0 saturated carbocycles. The highest BCUT2D eigenvalue weighted by Gasteiger charge is 2.19. The van der Waals surface area contributed by atoms with Crippen LogP contribution in [0, 0.1) is 0 Å². The molecular weight excluding hydrogens is 282 g/mol. The Kier molecular flexibility index (Phi) is 4.39. The summed E-state index contributed by atoms with van der Waals surface area (Å²) in [5.74, 6) is 1.62. The van der Waals surface area contributed by atoms with Crippen LogP contribution < -0.4 is 4.90 Å². The molecule has 3 rings (SSSR count). The van der Waals surface area contributed by atoms with Crippen molar-refractivity contribution in [2.75, 3.05) is 38.2 Å². The molecule has 0 bridgehead atoms. The van der Waals surface area contributed by atoms with Gasteiger partial charge in [-0.05, 0) is 24.3 Å². The normalized spacial score (nSPS) is 15.8. The van der Waals surface area contributed by atoms with Crippen molar-refractivity contribution < 1.29 is 13.9 Å². The molecule has 0 amide bonds. The number of piperazine rings is 1.